The van der Waals surface area contributed by atoms with E-state index in [0.717, 1.165) is 12.5 Å². The molecule has 0 heterocycles. The van der Waals surface area contributed by atoms with E-state index in [0.29, 0.717) is 0 Å². The minimum absolute atomic E-state index is 0.750. The maximum absolute atomic E-state index is 7.33. The maximum atomic E-state index is 7.33. The Kier molecular flexibility index (Phi) is 117. The zero-order chi connectivity index (χ0) is 7.41. The Morgan fingerprint density at radius 2 is 1.12 bits per heavy atom. The summed E-state index contributed by atoms with van der Waals surface area (Å²) in [5, 5.41) is 14.7. The molecule has 0 rings (SSSR count). The summed E-state index contributed by atoms with van der Waals surface area (Å²) in [6.45, 7) is 5.83. The third-order valence-corrected chi connectivity index (χ3v) is 0. The standard InChI is InChI=1S/2C2H4O.H2Se2/c2*1-2-3;1-2/h2*2-3H,1H2;1H2. The van der Waals surface area contributed by atoms with Crippen LogP contribution in [0.25, 0.3) is 0 Å². The van der Waals surface area contributed by atoms with Crippen LogP contribution in [0.2, 0.25) is 0 Å². The van der Waals surface area contributed by atoms with E-state index in [9.17, 15) is 0 Å². The normalized spacial score (nSPS) is 3.62. The predicted octanol–water partition coefficient (Wildman–Crippen LogP) is 0.0788. The fourth-order valence-corrected chi connectivity index (χ4v) is 0. The molecule has 50 valence electrons. The van der Waals surface area contributed by atoms with Crippen LogP contribution in [0.1, 0.15) is 0 Å². The molecule has 2 N–H and O–H groups in total. The SMILES string of the molecule is C=CO.C=CO.[Se]=[SeH2]. The molecule has 8 heavy (non-hydrogen) atoms. The first-order chi connectivity index (χ1) is 3.83. The van der Waals surface area contributed by atoms with Gasteiger partial charge in [-0.2, -0.15) is 0 Å². The summed E-state index contributed by atoms with van der Waals surface area (Å²) in [5.74, 6) is 0. The van der Waals surface area contributed by atoms with Crippen LogP contribution in [0, 0.1) is 0 Å². The molecule has 0 radical (unpaired) electrons. The number of aliphatic hydroxyl groups excluding tert-OH is 2. The predicted molar refractivity (Wildman–Crippen MR) is 39.9 cm³/mol. The zero-order valence-electron chi connectivity index (χ0n) is 4.37. The summed E-state index contributed by atoms with van der Waals surface area (Å²) in [6, 6.07) is 0. The van der Waals surface area contributed by atoms with Gasteiger partial charge >= 0.3 is 27.3 Å². The van der Waals surface area contributed by atoms with Crippen LogP contribution in [0.3, 0.4) is 0 Å². The summed E-state index contributed by atoms with van der Waals surface area (Å²) in [4.78, 5) is 0. The van der Waals surface area contributed by atoms with Crippen molar-refractivity contribution in [3.8, 4) is 0 Å². The average molecular weight is 248 g/mol. The van der Waals surface area contributed by atoms with E-state index in [1.54, 1.807) is 0 Å². The molecule has 0 aromatic rings. The Morgan fingerprint density at radius 1 is 1.12 bits per heavy atom. The summed E-state index contributed by atoms with van der Waals surface area (Å²) < 4.78 is 0. The van der Waals surface area contributed by atoms with E-state index in [1.165, 1.54) is 0 Å². The van der Waals surface area contributed by atoms with Crippen LogP contribution in [-0.2, 0) is 0 Å². The van der Waals surface area contributed by atoms with Crippen molar-refractivity contribution in [1.82, 2.24) is 0 Å². The molecular weight excluding hydrogens is 238 g/mol. The number of rotatable bonds is 0. The van der Waals surface area contributed by atoms with Crippen LogP contribution in [-0.4, -0.2) is 37.5 Å². The van der Waals surface area contributed by atoms with Gasteiger partial charge in [0.15, 0.2) is 0 Å². The first-order valence-electron chi connectivity index (χ1n) is 1.54. The first-order valence-corrected chi connectivity index (χ1v) is 6.84. The Balaban J connectivity index is -0.0000000483. The van der Waals surface area contributed by atoms with Crippen LogP contribution in [0.4, 0.5) is 0 Å². The van der Waals surface area contributed by atoms with E-state index in [2.05, 4.69) is 26.8 Å². The zero-order valence-corrected chi connectivity index (χ0v) is 8.18. The van der Waals surface area contributed by atoms with E-state index >= 15 is 0 Å². The van der Waals surface area contributed by atoms with Gasteiger partial charge < -0.3 is 10.2 Å². The summed E-state index contributed by atoms with van der Waals surface area (Å²) in [6.07, 6.45) is 1.50. The van der Waals surface area contributed by atoms with Gasteiger partial charge in [-0.25, -0.2) is 0 Å². The molecule has 0 unspecified atom stereocenters. The van der Waals surface area contributed by atoms with Gasteiger partial charge in [-0.1, -0.05) is 13.2 Å². The van der Waals surface area contributed by atoms with Crippen molar-refractivity contribution in [2.24, 2.45) is 0 Å². The average Bonchev–Trinajstić information content (AvgIpc) is 1.75. The number of hydrogen-bond acceptors (Lipinski definition) is 2. The van der Waals surface area contributed by atoms with Gasteiger partial charge in [0.1, 0.15) is 0 Å². The van der Waals surface area contributed by atoms with Gasteiger partial charge in [-0.15, -0.1) is 0 Å². The Bertz CT molecular complexity index is 41.3. The number of hydrogen-bond donors (Lipinski definition) is 2. The van der Waals surface area contributed by atoms with Gasteiger partial charge in [0.25, 0.3) is 0 Å². The van der Waals surface area contributed by atoms with Gasteiger partial charge in [0.05, 0.1) is 12.5 Å². The quantitative estimate of drug-likeness (QED) is 0.470. The van der Waals surface area contributed by atoms with Gasteiger partial charge in [-0.05, 0) is 0 Å². The second-order valence-corrected chi connectivity index (χ2v) is 0.365. The molecule has 2 nitrogen and oxygen atoms in total. The van der Waals surface area contributed by atoms with E-state index < -0.39 is 0 Å². The van der Waals surface area contributed by atoms with Crippen LogP contribution < -0.4 is 0 Å². The molecule has 4 heteroatoms. The molecule has 0 aliphatic heterocycles. The second kappa shape index (κ2) is 59.4. The van der Waals surface area contributed by atoms with Crippen molar-refractivity contribution in [3.63, 3.8) is 0 Å². The van der Waals surface area contributed by atoms with E-state index in [-0.39, 0.29) is 0 Å². The molecule has 0 aliphatic carbocycles. The Hall–Kier alpha value is 0.119. The fourth-order valence-electron chi connectivity index (χ4n) is 0. The van der Waals surface area contributed by atoms with Crippen molar-refractivity contribution in [1.29, 1.82) is 0 Å². The molecule has 0 aromatic carbocycles. The topological polar surface area (TPSA) is 40.5 Å². The molecule has 0 saturated carbocycles. The Labute approximate surface area is 63.4 Å². The minimum atomic E-state index is 0.750. The van der Waals surface area contributed by atoms with Gasteiger partial charge in [-0.3, -0.25) is 0 Å². The molecule has 0 atom stereocenters. The molecule has 0 aliphatic rings. The van der Waals surface area contributed by atoms with E-state index in [1.807, 2.05) is 13.7 Å². The van der Waals surface area contributed by atoms with Crippen LogP contribution >= 0.6 is 0 Å². The van der Waals surface area contributed by atoms with Crippen molar-refractivity contribution < 1.29 is 10.2 Å². The summed E-state index contributed by atoms with van der Waals surface area (Å²) in [5.41, 5.74) is 0. The van der Waals surface area contributed by atoms with Gasteiger partial charge in [0, 0.05) is 0 Å². The van der Waals surface area contributed by atoms with Crippen molar-refractivity contribution in [3.05, 3.63) is 25.7 Å². The van der Waals surface area contributed by atoms with Crippen LogP contribution in [0.5, 0.6) is 0 Å². The first kappa shape index (κ1) is 15.7. The molecule has 0 aromatic heterocycles. The molecule has 0 fully saturated rings. The molecule has 0 amide bonds. The molecule has 0 saturated heterocycles. The summed E-state index contributed by atoms with van der Waals surface area (Å²) >= 11 is 4.50. The Morgan fingerprint density at radius 3 is 1.12 bits per heavy atom. The summed E-state index contributed by atoms with van der Waals surface area (Å²) in [7, 11) is 0. The van der Waals surface area contributed by atoms with Crippen molar-refractivity contribution in [2.45, 2.75) is 0 Å². The molecule has 0 spiro atoms. The number of aliphatic hydroxyl groups is 2. The fraction of sp³-hybridized carbons (Fsp3) is 0. The molecular formula is C4H10O2Se2. The van der Waals surface area contributed by atoms with Crippen LogP contribution in [0.15, 0.2) is 25.7 Å². The second-order valence-electron chi connectivity index (χ2n) is 0.365. The molecule has 0 bridgehead atoms. The van der Waals surface area contributed by atoms with E-state index in [4.69, 9.17) is 10.2 Å². The monoisotopic (exact) mass is 250 g/mol. The van der Waals surface area contributed by atoms with Crippen molar-refractivity contribution in [2.75, 3.05) is 0 Å². The third-order valence-electron chi connectivity index (χ3n) is 0. The third kappa shape index (κ3) is 11300. The van der Waals surface area contributed by atoms with Gasteiger partial charge in [0.2, 0.25) is 0 Å². The van der Waals surface area contributed by atoms with Crippen molar-refractivity contribution >= 4 is 27.3 Å².